The van der Waals surface area contributed by atoms with Crippen LogP contribution in [0.4, 0.5) is 5.82 Å². The molecule has 2 heterocycles. The molecule has 0 radical (unpaired) electrons. The minimum Gasteiger partial charge on any atom is -0.472 e. The lowest BCUT2D eigenvalue weighted by atomic mass is 10.2. The molecule has 0 bridgehead atoms. The highest BCUT2D eigenvalue weighted by molar-refractivity contribution is 5.46. The Morgan fingerprint density at radius 1 is 1.47 bits per heavy atom. The summed E-state index contributed by atoms with van der Waals surface area (Å²) >= 11 is 0. The van der Waals surface area contributed by atoms with Crippen molar-refractivity contribution in [3.63, 3.8) is 0 Å². The standard InChI is InChI=1S/C13H13N3O/c1-10-5-12(7-14)6-13(15-10)16(2)8-11-3-4-17-9-11/h3-6,9H,8H2,1-2H3. The van der Waals surface area contributed by atoms with Crippen LogP contribution >= 0.6 is 0 Å². The van der Waals surface area contributed by atoms with E-state index in [0.29, 0.717) is 12.1 Å². The molecule has 0 unspecified atom stereocenters. The van der Waals surface area contributed by atoms with Crippen LogP contribution in [0.25, 0.3) is 0 Å². The predicted molar refractivity (Wildman–Crippen MR) is 64.5 cm³/mol. The Morgan fingerprint density at radius 2 is 2.29 bits per heavy atom. The van der Waals surface area contributed by atoms with Crippen LogP contribution in [0.5, 0.6) is 0 Å². The van der Waals surface area contributed by atoms with E-state index in [9.17, 15) is 0 Å². The van der Waals surface area contributed by atoms with Crippen molar-refractivity contribution in [3.8, 4) is 6.07 Å². The van der Waals surface area contributed by atoms with E-state index in [1.165, 1.54) is 0 Å². The van der Waals surface area contributed by atoms with Gasteiger partial charge in [0.25, 0.3) is 0 Å². The number of hydrogen-bond donors (Lipinski definition) is 0. The van der Waals surface area contributed by atoms with Crippen molar-refractivity contribution in [2.24, 2.45) is 0 Å². The molecule has 0 fully saturated rings. The molecule has 0 atom stereocenters. The van der Waals surface area contributed by atoms with E-state index in [1.807, 2.05) is 24.9 Å². The molecular formula is C13H13N3O. The zero-order chi connectivity index (χ0) is 12.3. The lowest BCUT2D eigenvalue weighted by molar-refractivity contribution is 0.563. The molecule has 0 aromatic carbocycles. The van der Waals surface area contributed by atoms with Gasteiger partial charge in [-0.15, -0.1) is 0 Å². The first-order valence-electron chi connectivity index (χ1n) is 5.30. The molecular weight excluding hydrogens is 214 g/mol. The molecule has 0 saturated carbocycles. The molecule has 4 nitrogen and oxygen atoms in total. The maximum atomic E-state index is 8.91. The average Bonchev–Trinajstić information content (AvgIpc) is 2.81. The van der Waals surface area contributed by atoms with Gasteiger partial charge in [-0.1, -0.05) is 0 Å². The monoisotopic (exact) mass is 227 g/mol. The van der Waals surface area contributed by atoms with Crippen molar-refractivity contribution < 1.29 is 4.42 Å². The van der Waals surface area contributed by atoms with Gasteiger partial charge in [0.05, 0.1) is 24.2 Å². The summed E-state index contributed by atoms with van der Waals surface area (Å²) in [6.07, 6.45) is 3.35. The van der Waals surface area contributed by atoms with Gasteiger partial charge in [0.1, 0.15) is 5.82 Å². The first kappa shape index (κ1) is 11.2. The van der Waals surface area contributed by atoms with Crippen LogP contribution in [0.1, 0.15) is 16.8 Å². The van der Waals surface area contributed by atoms with Gasteiger partial charge in [-0.25, -0.2) is 4.98 Å². The average molecular weight is 227 g/mol. The third-order valence-corrected chi connectivity index (χ3v) is 2.46. The second kappa shape index (κ2) is 4.71. The zero-order valence-electron chi connectivity index (χ0n) is 9.84. The first-order valence-corrected chi connectivity index (χ1v) is 5.30. The quantitative estimate of drug-likeness (QED) is 0.808. The highest BCUT2D eigenvalue weighted by Crippen LogP contribution is 2.15. The van der Waals surface area contributed by atoms with Crippen LogP contribution in [0.15, 0.2) is 35.1 Å². The van der Waals surface area contributed by atoms with Crippen molar-refractivity contribution in [2.45, 2.75) is 13.5 Å². The molecule has 4 heteroatoms. The lowest BCUT2D eigenvalue weighted by Gasteiger charge is -2.17. The molecule has 86 valence electrons. The fourth-order valence-corrected chi connectivity index (χ4v) is 1.65. The molecule has 17 heavy (non-hydrogen) atoms. The number of pyridine rings is 1. The molecule has 0 N–H and O–H groups in total. The molecule has 0 aliphatic heterocycles. The van der Waals surface area contributed by atoms with Crippen molar-refractivity contribution in [2.75, 3.05) is 11.9 Å². The SMILES string of the molecule is Cc1cc(C#N)cc(N(C)Cc2ccoc2)n1. The van der Waals surface area contributed by atoms with Crippen LogP contribution < -0.4 is 4.90 Å². The van der Waals surface area contributed by atoms with Gasteiger partial charge >= 0.3 is 0 Å². The summed E-state index contributed by atoms with van der Waals surface area (Å²) in [4.78, 5) is 6.39. The highest BCUT2D eigenvalue weighted by atomic mass is 16.3. The summed E-state index contributed by atoms with van der Waals surface area (Å²) in [5, 5.41) is 8.91. The summed E-state index contributed by atoms with van der Waals surface area (Å²) < 4.78 is 5.02. The van der Waals surface area contributed by atoms with Gasteiger partial charge < -0.3 is 9.32 Å². The first-order chi connectivity index (χ1) is 8.19. The lowest BCUT2D eigenvalue weighted by Crippen LogP contribution is -2.17. The minimum atomic E-state index is 0.631. The van der Waals surface area contributed by atoms with Gasteiger partial charge in [0.15, 0.2) is 0 Å². The second-order valence-electron chi connectivity index (χ2n) is 3.95. The summed E-state index contributed by atoms with van der Waals surface area (Å²) in [5.41, 5.74) is 2.55. The van der Waals surface area contributed by atoms with E-state index in [1.54, 1.807) is 24.7 Å². The molecule has 0 amide bonds. The number of nitrogens with zero attached hydrogens (tertiary/aromatic N) is 3. The summed E-state index contributed by atoms with van der Waals surface area (Å²) in [7, 11) is 1.94. The van der Waals surface area contributed by atoms with Crippen molar-refractivity contribution in [1.29, 1.82) is 5.26 Å². The number of furan rings is 1. The Hall–Kier alpha value is -2.28. The van der Waals surface area contributed by atoms with Gasteiger partial charge in [-0.2, -0.15) is 5.26 Å². The third-order valence-electron chi connectivity index (χ3n) is 2.46. The molecule has 2 rings (SSSR count). The van der Waals surface area contributed by atoms with E-state index < -0.39 is 0 Å². The summed E-state index contributed by atoms with van der Waals surface area (Å²) in [6, 6.07) is 7.61. The van der Waals surface area contributed by atoms with Crippen LogP contribution in [-0.2, 0) is 6.54 Å². The van der Waals surface area contributed by atoms with Gasteiger partial charge in [-0.05, 0) is 25.1 Å². The Balaban J connectivity index is 2.22. The summed E-state index contributed by atoms with van der Waals surface area (Å²) in [6.45, 7) is 2.59. The second-order valence-corrected chi connectivity index (χ2v) is 3.95. The molecule has 0 spiro atoms. The normalized spacial score (nSPS) is 9.94. The Morgan fingerprint density at radius 3 is 2.94 bits per heavy atom. The Labute approximate surface area is 100 Å². The van der Waals surface area contributed by atoms with Gasteiger partial charge in [0.2, 0.25) is 0 Å². The van der Waals surface area contributed by atoms with Gasteiger partial charge in [-0.3, -0.25) is 0 Å². The number of nitriles is 1. The van der Waals surface area contributed by atoms with E-state index >= 15 is 0 Å². The molecule has 0 saturated heterocycles. The van der Waals surface area contributed by atoms with Crippen molar-refractivity contribution in [3.05, 3.63) is 47.5 Å². The molecule has 2 aromatic heterocycles. The van der Waals surface area contributed by atoms with E-state index in [2.05, 4.69) is 11.1 Å². The largest absolute Gasteiger partial charge is 0.472 e. The number of hydrogen-bond acceptors (Lipinski definition) is 4. The minimum absolute atomic E-state index is 0.631. The number of anilines is 1. The molecule has 0 aliphatic carbocycles. The predicted octanol–water partition coefficient (Wildman–Crippen LogP) is 2.49. The fraction of sp³-hybridized carbons (Fsp3) is 0.231. The Kier molecular flexibility index (Phi) is 3.10. The van der Waals surface area contributed by atoms with Crippen molar-refractivity contribution >= 4 is 5.82 Å². The zero-order valence-corrected chi connectivity index (χ0v) is 9.84. The van der Waals surface area contributed by atoms with Crippen LogP contribution in [-0.4, -0.2) is 12.0 Å². The highest BCUT2D eigenvalue weighted by Gasteiger charge is 2.06. The van der Waals surface area contributed by atoms with Gasteiger partial charge in [0, 0.05) is 24.8 Å². The number of rotatable bonds is 3. The van der Waals surface area contributed by atoms with Crippen LogP contribution in [0.3, 0.4) is 0 Å². The van der Waals surface area contributed by atoms with Crippen LogP contribution in [0, 0.1) is 18.3 Å². The fourth-order valence-electron chi connectivity index (χ4n) is 1.65. The maximum Gasteiger partial charge on any atom is 0.130 e. The van der Waals surface area contributed by atoms with Crippen LogP contribution in [0.2, 0.25) is 0 Å². The topological polar surface area (TPSA) is 53.1 Å². The van der Waals surface area contributed by atoms with E-state index in [4.69, 9.17) is 9.68 Å². The Bertz CT molecular complexity index is 540. The smallest absolute Gasteiger partial charge is 0.130 e. The molecule has 2 aromatic rings. The molecule has 0 aliphatic rings. The van der Waals surface area contributed by atoms with Crippen molar-refractivity contribution in [1.82, 2.24) is 4.98 Å². The number of aromatic nitrogens is 1. The summed E-state index contributed by atoms with van der Waals surface area (Å²) in [5.74, 6) is 0.794. The number of aryl methyl sites for hydroxylation is 1. The van der Waals surface area contributed by atoms with E-state index in [-0.39, 0.29) is 0 Å². The van der Waals surface area contributed by atoms with E-state index in [0.717, 1.165) is 17.1 Å². The third kappa shape index (κ3) is 2.64. The maximum absolute atomic E-state index is 8.91.